The van der Waals surface area contributed by atoms with Crippen molar-refractivity contribution in [3.05, 3.63) is 28.7 Å². The summed E-state index contributed by atoms with van der Waals surface area (Å²) in [6, 6.07) is 6.10. The fourth-order valence-electron chi connectivity index (χ4n) is 1.94. The summed E-state index contributed by atoms with van der Waals surface area (Å²) in [6.45, 7) is 0.538. The van der Waals surface area contributed by atoms with Crippen LogP contribution < -0.4 is 4.90 Å². The summed E-state index contributed by atoms with van der Waals surface area (Å²) in [5.41, 5.74) is 0.466. The highest BCUT2D eigenvalue weighted by Gasteiger charge is 2.33. The Morgan fingerprint density at radius 1 is 1.26 bits per heavy atom. The molecule has 0 radical (unpaired) electrons. The standard InChI is InChI=1S/C13H17BrF3NO/c1-2-3-12(8-19)18(9-13(15,16)17)11-6-4-10(14)5-7-11/h4-7,12,19H,2-3,8-9H2,1H3/t12-/m0/s1. The molecule has 0 aliphatic heterocycles. The number of alkyl halides is 3. The molecule has 2 nitrogen and oxygen atoms in total. The Hall–Kier alpha value is -0.750. The van der Waals surface area contributed by atoms with Crippen molar-refractivity contribution in [1.82, 2.24) is 0 Å². The second-order valence-corrected chi connectivity index (χ2v) is 5.26. The van der Waals surface area contributed by atoms with Gasteiger partial charge in [-0.1, -0.05) is 29.3 Å². The van der Waals surface area contributed by atoms with Gasteiger partial charge >= 0.3 is 6.18 Å². The zero-order valence-electron chi connectivity index (χ0n) is 10.6. The molecule has 19 heavy (non-hydrogen) atoms. The van der Waals surface area contributed by atoms with E-state index < -0.39 is 18.8 Å². The van der Waals surface area contributed by atoms with E-state index in [0.717, 1.165) is 10.9 Å². The number of halogens is 4. The first-order chi connectivity index (χ1) is 8.87. The van der Waals surface area contributed by atoms with Crippen LogP contribution in [0.5, 0.6) is 0 Å². The van der Waals surface area contributed by atoms with Crippen molar-refractivity contribution in [2.75, 3.05) is 18.1 Å². The van der Waals surface area contributed by atoms with Gasteiger partial charge in [0, 0.05) is 10.2 Å². The van der Waals surface area contributed by atoms with Crippen LogP contribution >= 0.6 is 15.9 Å². The Morgan fingerprint density at radius 2 is 1.84 bits per heavy atom. The van der Waals surface area contributed by atoms with Crippen LogP contribution in [0.25, 0.3) is 0 Å². The minimum atomic E-state index is -4.30. The highest BCUT2D eigenvalue weighted by Crippen LogP contribution is 2.26. The van der Waals surface area contributed by atoms with E-state index in [2.05, 4.69) is 15.9 Å². The van der Waals surface area contributed by atoms with Crippen molar-refractivity contribution in [3.8, 4) is 0 Å². The van der Waals surface area contributed by atoms with E-state index >= 15 is 0 Å². The first-order valence-electron chi connectivity index (χ1n) is 6.07. The summed E-state index contributed by atoms with van der Waals surface area (Å²) in [7, 11) is 0. The number of benzene rings is 1. The van der Waals surface area contributed by atoms with E-state index in [0.29, 0.717) is 12.1 Å². The van der Waals surface area contributed by atoms with Crippen molar-refractivity contribution < 1.29 is 18.3 Å². The maximum Gasteiger partial charge on any atom is 0.405 e. The van der Waals surface area contributed by atoms with Crippen LogP contribution in [0.1, 0.15) is 19.8 Å². The van der Waals surface area contributed by atoms with Crippen molar-refractivity contribution >= 4 is 21.6 Å². The molecule has 1 rings (SSSR count). The molecule has 108 valence electrons. The summed E-state index contributed by atoms with van der Waals surface area (Å²) in [5.74, 6) is 0. The quantitative estimate of drug-likeness (QED) is 0.847. The Bertz CT molecular complexity index is 380. The number of rotatable bonds is 6. The van der Waals surface area contributed by atoms with E-state index in [1.165, 1.54) is 4.90 Å². The fourth-order valence-corrected chi connectivity index (χ4v) is 2.20. The molecule has 1 aromatic rings. The van der Waals surface area contributed by atoms with Gasteiger partial charge in [0.15, 0.2) is 0 Å². The van der Waals surface area contributed by atoms with E-state index in [1.807, 2.05) is 6.92 Å². The predicted octanol–water partition coefficient (Wildman–Crippen LogP) is 3.98. The van der Waals surface area contributed by atoms with E-state index in [-0.39, 0.29) is 6.61 Å². The molecular formula is C13H17BrF3NO. The van der Waals surface area contributed by atoms with E-state index in [9.17, 15) is 18.3 Å². The molecule has 1 atom stereocenters. The number of anilines is 1. The summed E-state index contributed by atoms with van der Waals surface area (Å²) < 4.78 is 38.8. The molecule has 0 aliphatic carbocycles. The van der Waals surface area contributed by atoms with Crippen molar-refractivity contribution in [1.29, 1.82) is 0 Å². The average molecular weight is 340 g/mol. The van der Waals surface area contributed by atoms with E-state index in [4.69, 9.17) is 0 Å². The van der Waals surface area contributed by atoms with Gasteiger partial charge in [-0.05, 0) is 30.7 Å². The van der Waals surface area contributed by atoms with E-state index in [1.54, 1.807) is 24.3 Å². The smallest absolute Gasteiger partial charge is 0.394 e. The van der Waals surface area contributed by atoms with Gasteiger partial charge in [-0.3, -0.25) is 0 Å². The Kier molecular flexibility index (Phi) is 6.13. The molecule has 0 aromatic heterocycles. The third kappa shape index (κ3) is 5.40. The Labute approximate surface area is 119 Å². The highest BCUT2D eigenvalue weighted by atomic mass is 79.9. The monoisotopic (exact) mass is 339 g/mol. The third-order valence-electron chi connectivity index (χ3n) is 2.78. The lowest BCUT2D eigenvalue weighted by Gasteiger charge is -2.33. The first kappa shape index (κ1) is 16.3. The maximum atomic E-state index is 12.7. The molecular weight excluding hydrogens is 323 g/mol. The SMILES string of the molecule is CCC[C@@H](CO)N(CC(F)(F)F)c1ccc(Br)cc1. The average Bonchev–Trinajstić information content (AvgIpc) is 2.33. The van der Waals surface area contributed by atoms with Crippen LogP contribution in [-0.2, 0) is 0 Å². The van der Waals surface area contributed by atoms with Crippen molar-refractivity contribution in [2.24, 2.45) is 0 Å². The van der Waals surface area contributed by atoms with Gasteiger partial charge in [-0.25, -0.2) is 0 Å². The zero-order valence-corrected chi connectivity index (χ0v) is 12.2. The van der Waals surface area contributed by atoms with Crippen molar-refractivity contribution in [2.45, 2.75) is 32.0 Å². The van der Waals surface area contributed by atoms with Crippen LogP contribution in [-0.4, -0.2) is 30.5 Å². The summed E-state index contributed by atoms with van der Waals surface area (Å²) >= 11 is 3.25. The lowest BCUT2D eigenvalue weighted by Crippen LogP contribution is -2.44. The molecule has 0 aliphatic rings. The molecule has 0 bridgehead atoms. The molecule has 1 aromatic carbocycles. The molecule has 0 unspecified atom stereocenters. The number of aliphatic hydroxyl groups is 1. The molecule has 0 saturated heterocycles. The van der Waals surface area contributed by atoms with Gasteiger partial charge in [-0.15, -0.1) is 0 Å². The Morgan fingerprint density at radius 3 is 2.26 bits per heavy atom. The molecule has 0 amide bonds. The van der Waals surface area contributed by atoms with Crippen molar-refractivity contribution in [3.63, 3.8) is 0 Å². The third-order valence-corrected chi connectivity index (χ3v) is 3.31. The van der Waals surface area contributed by atoms with Crippen LogP contribution in [0.15, 0.2) is 28.7 Å². The zero-order chi connectivity index (χ0) is 14.5. The van der Waals surface area contributed by atoms with Gasteiger partial charge < -0.3 is 10.0 Å². The van der Waals surface area contributed by atoms with Gasteiger partial charge in [0.2, 0.25) is 0 Å². The van der Waals surface area contributed by atoms with Gasteiger partial charge in [-0.2, -0.15) is 13.2 Å². The topological polar surface area (TPSA) is 23.5 Å². The fraction of sp³-hybridized carbons (Fsp3) is 0.538. The molecule has 0 spiro atoms. The number of nitrogens with zero attached hydrogens (tertiary/aromatic N) is 1. The minimum absolute atomic E-state index is 0.292. The number of hydrogen-bond acceptors (Lipinski definition) is 2. The highest BCUT2D eigenvalue weighted by molar-refractivity contribution is 9.10. The molecule has 1 N–H and O–H groups in total. The number of aliphatic hydroxyl groups excluding tert-OH is 1. The number of hydrogen-bond donors (Lipinski definition) is 1. The van der Waals surface area contributed by atoms with Gasteiger partial charge in [0.1, 0.15) is 6.54 Å². The predicted molar refractivity (Wildman–Crippen MR) is 73.3 cm³/mol. The second-order valence-electron chi connectivity index (χ2n) is 4.34. The second kappa shape index (κ2) is 7.14. The van der Waals surface area contributed by atoms with Crippen LogP contribution in [0.3, 0.4) is 0 Å². The summed E-state index contributed by atoms with van der Waals surface area (Å²) in [4.78, 5) is 1.22. The van der Waals surface area contributed by atoms with Crippen LogP contribution in [0.4, 0.5) is 18.9 Å². The minimum Gasteiger partial charge on any atom is -0.394 e. The first-order valence-corrected chi connectivity index (χ1v) is 6.86. The normalized spacial score (nSPS) is 13.4. The van der Waals surface area contributed by atoms with Gasteiger partial charge in [0.05, 0.1) is 12.6 Å². The maximum absolute atomic E-state index is 12.7. The molecule has 0 fully saturated rings. The summed E-state index contributed by atoms with van der Waals surface area (Å²) in [5, 5.41) is 9.32. The Balaban J connectivity index is 2.99. The molecule has 6 heteroatoms. The largest absolute Gasteiger partial charge is 0.405 e. The summed E-state index contributed by atoms with van der Waals surface area (Å²) in [6.07, 6.45) is -3.06. The van der Waals surface area contributed by atoms with Gasteiger partial charge in [0.25, 0.3) is 0 Å². The molecule has 0 heterocycles. The molecule has 0 saturated carbocycles. The lowest BCUT2D eigenvalue weighted by atomic mass is 10.1. The van der Waals surface area contributed by atoms with Crippen LogP contribution in [0, 0.1) is 0 Å². The van der Waals surface area contributed by atoms with Crippen LogP contribution in [0.2, 0.25) is 0 Å². The lowest BCUT2D eigenvalue weighted by molar-refractivity contribution is -0.121.